The van der Waals surface area contributed by atoms with E-state index in [1.54, 1.807) is 23.1 Å². The molecular weight excluding hydrogens is 488 g/mol. The van der Waals surface area contributed by atoms with Gasteiger partial charge in [0.15, 0.2) is 0 Å². The molecule has 1 unspecified atom stereocenters. The van der Waals surface area contributed by atoms with Crippen LogP contribution in [0.4, 0.5) is 10.5 Å². The van der Waals surface area contributed by atoms with E-state index < -0.39 is 35.3 Å². The summed E-state index contributed by atoms with van der Waals surface area (Å²) in [6.45, 7) is 7.84. The van der Waals surface area contributed by atoms with E-state index in [1.165, 1.54) is 0 Å². The first-order chi connectivity index (χ1) is 18.0. The van der Waals surface area contributed by atoms with E-state index >= 15 is 0 Å². The van der Waals surface area contributed by atoms with Crippen molar-refractivity contribution in [2.45, 2.75) is 77.4 Å². The lowest BCUT2D eigenvalue weighted by atomic mass is 9.65. The number of hydrogen-bond acceptors (Lipinski definition) is 7. The van der Waals surface area contributed by atoms with E-state index in [4.69, 9.17) is 4.74 Å². The Morgan fingerprint density at radius 3 is 2.45 bits per heavy atom. The van der Waals surface area contributed by atoms with Gasteiger partial charge in [0.1, 0.15) is 11.6 Å². The summed E-state index contributed by atoms with van der Waals surface area (Å²) in [5.41, 5.74) is 0.901. The molecule has 5 amide bonds. The van der Waals surface area contributed by atoms with E-state index in [1.807, 2.05) is 20.8 Å². The molecule has 0 bridgehead atoms. The van der Waals surface area contributed by atoms with Crippen LogP contribution in [0.15, 0.2) is 18.2 Å². The summed E-state index contributed by atoms with van der Waals surface area (Å²) in [4.78, 5) is 65.2. The molecule has 38 heavy (non-hydrogen) atoms. The number of carbonyl (C=O) groups excluding carboxylic acids is 5. The molecule has 10 nitrogen and oxygen atoms in total. The van der Waals surface area contributed by atoms with Gasteiger partial charge < -0.3 is 15.0 Å². The number of imide groups is 2. The Balaban J connectivity index is 1.12. The number of fused-ring (bicyclic) bond motifs is 1. The first-order valence-corrected chi connectivity index (χ1v) is 13.5. The molecule has 0 aromatic heterocycles. The second-order valence-corrected chi connectivity index (χ2v) is 12.2. The zero-order chi connectivity index (χ0) is 27.2. The second kappa shape index (κ2) is 9.71. The number of anilines is 1. The van der Waals surface area contributed by atoms with Crippen LogP contribution in [0, 0.1) is 11.3 Å². The Bertz CT molecular complexity index is 1170. The number of benzene rings is 1. The molecule has 0 radical (unpaired) electrons. The van der Waals surface area contributed by atoms with Gasteiger partial charge in [-0.05, 0) is 77.3 Å². The highest BCUT2D eigenvalue weighted by molar-refractivity contribution is 6.25. The summed E-state index contributed by atoms with van der Waals surface area (Å²) in [6, 6.07) is 4.15. The maximum atomic E-state index is 13.2. The van der Waals surface area contributed by atoms with Crippen molar-refractivity contribution in [1.29, 1.82) is 0 Å². The number of amides is 5. The van der Waals surface area contributed by atoms with Crippen LogP contribution in [0.5, 0.6) is 0 Å². The van der Waals surface area contributed by atoms with Gasteiger partial charge in [-0.2, -0.15) is 0 Å². The van der Waals surface area contributed by atoms with Crippen molar-refractivity contribution >= 4 is 35.4 Å². The molecule has 10 heteroatoms. The molecule has 4 aliphatic rings. The van der Waals surface area contributed by atoms with Crippen molar-refractivity contribution in [1.82, 2.24) is 15.1 Å². The number of nitrogens with zero attached hydrogens (tertiary/aromatic N) is 2. The Morgan fingerprint density at radius 1 is 1.08 bits per heavy atom. The third kappa shape index (κ3) is 5.00. The molecule has 2 saturated heterocycles. The fourth-order valence-corrected chi connectivity index (χ4v) is 6.19. The third-order valence-electron chi connectivity index (χ3n) is 8.21. The molecule has 1 spiro atoms. The second-order valence-electron chi connectivity index (χ2n) is 12.2. The van der Waals surface area contributed by atoms with E-state index in [0.29, 0.717) is 23.7 Å². The zero-order valence-corrected chi connectivity index (χ0v) is 22.3. The highest BCUT2D eigenvalue weighted by Crippen LogP contribution is 2.46. The number of carbonyl (C=O) groups is 5. The van der Waals surface area contributed by atoms with Gasteiger partial charge in [0.05, 0.1) is 11.1 Å². The van der Waals surface area contributed by atoms with Crippen molar-refractivity contribution in [3.8, 4) is 0 Å². The van der Waals surface area contributed by atoms with Crippen molar-refractivity contribution in [2.75, 3.05) is 25.0 Å². The molecule has 2 N–H and O–H groups in total. The lowest BCUT2D eigenvalue weighted by molar-refractivity contribution is -0.136. The number of likely N-dealkylation sites (tertiary alicyclic amines) is 1. The third-order valence-corrected chi connectivity index (χ3v) is 8.21. The Kier molecular flexibility index (Phi) is 6.69. The topological polar surface area (TPSA) is 125 Å². The van der Waals surface area contributed by atoms with Gasteiger partial charge in [0.25, 0.3) is 11.8 Å². The molecule has 1 aromatic rings. The number of rotatable bonds is 5. The molecule has 1 atom stereocenters. The van der Waals surface area contributed by atoms with Crippen molar-refractivity contribution in [2.24, 2.45) is 11.3 Å². The minimum absolute atomic E-state index is 0.0939. The molecule has 5 rings (SSSR count). The van der Waals surface area contributed by atoms with E-state index in [-0.39, 0.29) is 29.9 Å². The summed E-state index contributed by atoms with van der Waals surface area (Å²) in [5, 5.41) is 5.58. The van der Waals surface area contributed by atoms with Crippen LogP contribution in [0.2, 0.25) is 0 Å². The van der Waals surface area contributed by atoms with Gasteiger partial charge in [-0.1, -0.05) is 6.07 Å². The maximum absolute atomic E-state index is 13.2. The van der Waals surface area contributed by atoms with Crippen LogP contribution >= 0.6 is 0 Å². The van der Waals surface area contributed by atoms with E-state index in [0.717, 1.165) is 50.1 Å². The quantitative estimate of drug-likeness (QED) is 0.566. The minimum Gasteiger partial charge on any atom is -0.444 e. The Labute approximate surface area is 222 Å². The van der Waals surface area contributed by atoms with E-state index in [9.17, 15) is 24.0 Å². The summed E-state index contributed by atoms with van der Waals surface area (Å²) in [7, 11) is 0. The zero-order valence-electron chi connectivity index (χ0n) is 22.3. The normalized spacial score (nSPS) is 23.3. The highest BCUT2D eigenvalue weighted by atomic mass is 16.6. The van der Waals surface area contributed by atoms with Crippen LogP contribution in [-0.2, 0) is 14.3 Å². The van der Waals surface area contributed by atoms with Gasteiger partial charge in [0, 0.05) is 37.2 Å². The minimum atomic E-state index is -0.972. The number of nitrogens with one attached hydrogen (secondary N) is 2. The summed E-state index contributed by atoms with van der Waals surface area (Å²) < 4.78 is 5.49. The lowest BCUT2D eigenvalue weighted by Gasteiger charge is -2.53. The summed E-state index contributed by atoms with van der Waals surface area (Å²) >= 11 is 0. The number of piperidine rings is 1. The van der Waals surface area contributed by atoms with Crippen LogP contribution in [0.25, 0.3) is 0 Å². The SMILES string of the molecule is CC(C)(C)OC(=O)N1CC2(CCC(CCNc3cccc4c3C(=O)N(C3CCC(=O)NC3=O)C4=O)CC2)C1. The van der Waals surface area contributed by atoms with Gasteiger partial charge in [-0.25, -0.2) is 4.79 Å². The van der Waals surface area contributed by atoms with Crippen molar-refractivity contribution < 1.29 is 28.7 Å². The first-order valence-electron chi connectivity index (χ1n) is 13.5. The largest absolute Gasteiger partial charge is 0.444 e. The molecule has 1 aliphatic carbocycles. The van der Waals surface area contributed by atoms with Gasteiger partial charge in [-0.15, -0.1) is 0 Å². The van der Waals surface area contributed by atoms with Gasteiger partial charge in [0.2, 0.25) is 11.8 Å². The van der Waals surface area contributed by atoms with Crippen LogP contribution in [-0.4, -0.2) is 70.8 Å². The standard InChI is InChI=1S/C28H36N4O6/c1-27(2,3)38-26(37)31-15-28(16-31)12-9-17(10-13-28)11-14-29-19-6-4-5-18-22(19)25(36)32(24(18)35)20-7-8-21(33)30-23(20)34/h4-6,17,20,29H,7-16H2,1-3H3,(H,30,33,34). The fraction of sp³-hybridized carbons (Fsp3) is 0.607. The molecule has 3 heterocycles. The molecule has 3 fully saturated rings. The molecular formula is C28H36N4O6. The predicted molar refractivity (Wildman–Crippen MR) is 138 cm³/mol. The smallest absolute Gasteiger partial charge is 0.410 e. The maximum Gasteiger partial charge on any atom is 0.410 e. The van der Waals surface area contributed by atoms with E-state index in [2.05, 4.69) is 10.6 Å². The fourth-order valence-electron chi connectivity index (χ4n) is 6.19. The number of hydrogen-bond donors (Lipinski definition) is 2. The Hall–Kier alpha value is -3.43. The van der Waals surface area contributed by atoms with Gasteiger partial charge >= 0.3 is 6.09 Å². The average molecular weight is 525 g/mol. The lowest BCUT2D eigenvalue weighted by Crippen LogP contribution is -2.60. The molecule has 1 saturated carbocycles. The summed E-state index contributed by atoms with van der Waals surface area (Å²) in [5.74, 6) is -1.45. The number of ether oxygens (including phenoxy) is 1. The van der Waals surface area contributed by atoms with Crippen LogP contribution in [0.1, 0.15) is 86.4 Å². The van der Waals surface area contributed by atoms with Crippen molar-refractivity contribution in [3.05, 3.63) is 29.3 Å². The average Bonchev–Trinajstić information content (AvgIpc) is 3.08. The molecule has 3 aliphatic heterocycles. The molecule has 1 aromatic carbocycles. The van der Waals surface area contributed by atoms with Gasteiger partial charge in [-0.3, -0.25) is 29.4 Å². The summed E-state index contributed by atoms with van der Waals surface area (Å²) in [6.07, 6.45) is 5.31. The van der Waals surface area contributed by atoms with Crippen LogP contribution in [0.3, 0.4) is 0 Å². The van der Waals surface area contributed by atoms with Crippen LogP contribution < -0.4 is 10.6 Å². The molecule has 204 valence electrons. The highest BCUT2D eigenvalue weighted by Gasteiger charge is 2.48. The first kappa shape index (κ1) is 26.2. The predicted octanol–water partition coefficient (Wildman–Crippen LogP) is 3.32. The van der Waals surface area contributed by atoms with Crippen molar-refractivity contribution in [3.63, 3.8) is 0 Å². The Morgan fingerprint density at radius 2 is 1.79 bits per heavy atom. The monoisotopic (exact) mass is 524 g/mol.